The number of methoxy groups -OCH3 is 2. The number of esters is 1. The highest BCUT2D eigenvalue weighted by Crippen LogP contribution is 2.28. The van der Waals surface area contributed by atoms with Gasteiger partial charge in [0, 0.05) is 18.1 Å². The van der Waals surface area contributed by atoms with Crippen molar-refractivity contribution < 1.29 is 32.8 Å². The maximum absolute atomic E-state index is 13.7. The third-order valence-corrected chi connectivity index (χ3v) is 4.10. The molecule has 0 aliphatic carbocycles. The predicted octanol–water partition coefficient (Wildman–Crippen LogP) is 2.32. The van der Waals surface area contributed by atoms with Crippen LogP contribution in [0.5, 0.6) is 5.75 Å². The van der Waals surface area contributed by atoms with Crippen LogP contribution in [0.25, 0.3) is 0 Å². The van der Waals surface area contributed by atoms with Crippen molar-refractivity contribution in [3.8, 4) is 5.75 Å². The summed E-state index contributed by atoms with van der Waals surface area (Å²) >= 11 is 0. The molecular formula is C19H18F2N2O6. The summed E-state index contributed by atoms with van der Waals surface area (Å²) in [7, 11) is 2.38. The average molecular weight is 408 g/mol. The molecular weight excluding hydrogens is 390 g/mol. The molecule has 1 atom stereocenters. The second kappa shape index (κ2) is 9.58. The molecule has 0 fully saturated rings. The number of carbonyl (C=O) groups excluding carboxylic acids is 2. The monoisotopic (exact) mass is 408 g/mol. The third-order valence-electron chi connectivity index (χ3n) is 4.10. The Bertz CT molecular complexity index is 915. The van der Waals surface area contributed by atoms with Gasteiger partial charge < -0.3 is 14.8 Å². The minimum Gasteiger partial charge on any atom is -0.490 e. The fraction of sp³-hybridized carbons (Fsp3) is 0.263. The lowest BCUT2D eigenvalue weighted by atomic mass is 10.0. The molecule has 0 saturated carbocycles. The van der Waals surface area contributed by atoms with Crippen LogP contribution in [0.3, 0.4) is 0 Å². The minimum absolute atomic E-state index is 0.0347. The molecule has 0 unspecified atom stereocenters. The number of carbonyl (C=O) groups is 2. The van der Waals surface area contributed by atoms with Crippen molar-refractivity contribution in [2.45, 2.75) is 18.9 Å². The van der Waals surface area contributed by atoms with E-state index >= 15 is 0 Å². The van der Waals surface area contributed by atoms with Crippen molar-refractivity contribution in [3.63, 3.8) is 0 Å². The lowest BCUT2D eigenvalue weighted by molar-refractivity contribution is -0.385. The van der Waals surface area contributed by atoms with Crippen LogP contribution >= 0.6 is 0 Å². The zero-order valence-corrected chi connectivity index (χ0v) is 15.6. The van der Waals surface area contributed by atoms with Gasteiger partial charge in [0.2, 0.25) is 5.91 Å². The van der Waals surface area contributed by atoms with Gasteiger partial charge in [0.15, 0.2) is 5.75 Å². The molecule has 2 rings (SSSR count). The Labute approximate surface area is 164 Å². The largest absolute Gasteiger partial charge is 0.490 e. The van der Waals surface area contributed by atoms with E-state index in [0.717, 1.165) is 19.2 Å². The van der Waals surface area contributed by atoms with E-state index in [9.17, 15) is 28.5 Å². The quantitative estimate of drug-likeness (QED) is 0.408. The second-order valence-electron chi connectivity index (χ2n) is 5.99. The van der Waals surface area contributed by atoms with E-state index in [4.69, 9.17) is 4.74 Å². The lowest BCUT2D eigenvalue weighted by Crippen LogP contribution is -2.43. The summed E-state index contributed by atoms with van der Waals surface area (Å²) in [5.74, 6) is -3.37. The molecule has 0 spiro atoms. The molecule has 1 amide bonds. The molecule has 2 aromatic rings. The first-order valence-corrected chi connectivity index (χ1v) is 8.38. The summed E-state index contributed by atoms with van der Waals surface area (Å²) in [4.78, 5) is 34.8. The first kappa shape index (κ1) is 21.7. The van der Waals surface area contributed by atoms with Crippen molar-refractivity contribution in [2.75, 3.05) is 14.2 Å². The van der Waals surface area contributed by atoms with Gasteiger partial charge in [-0.2, -0.15) is 0 Å². The second-order valence-corrected chi connectivity index (χ2v) is 5.99. The van der Waals surface area contributed by atoms with Gasteiger partial charge in [0.25, 0.3) is 0 Å². The fourth-order valence-corrected chi connectivity index (χ4v) is 2.68. The Kier molecular flexibility index (Phi) is 7.18. The van der Waals surface area contributed by atoms with E-state index in [1.54, 1.807) is 0 Å². The summed E-state index contributed by atoms with van der Waals surface area (Å²) in [6, 6.07) is 6.04. The van der Waals surface area contributed by atoms with Crippen LogP contribution < -0.4 is 10.1 Å². The summed E-state index contributed by atoms with van der Waals surface area (Å²) in [6.45, 7) is 0. The highest BCUT2D eigenvalue weighted by molar-refractivity contribution is 5.86. The molecule has 0 aromatic heterocycles. The normalized spacial score (nSPS) is 11.4. The molecule has 0 aliphatic rings. The molecule has 0 bridgehead atoms. The maximum atomic E-state index is 13.7. The van der Waals surface area contributed by atoms with Gasteiger partial charge in [0.1, 0.15) is 17.7 Å². The molecule has 154 valence electrons. The van der Waals surface area contributed by atoms with Crippen LogP contribution in [-0.2, 0) is 27.2 Å². The number of nitro benzene ring substituents is 1. The Morgan fingerprint density at radius 3 is 2.38 bits per heavy atom. The topological polar surface area (TPSA) is 108 Å². The fourth-order valence-electron chi connectivity index (χ4n) is 2.68. The highest BCUT2D eigenvalue weighted by atomic mass is 19.1. The molecule has 29 heavy (non-hydrogen) atoms. The number of ether oxygens (including phenoxy) is 2. The number of nitro groups is 1. The smallest absolute Gasteiger partial charge is 0.328 e. The molecule has 0 aliphatic heterocycles. The molecule has 0 saturated heterocycles. The van der Waals surface area contributed by atoms with Crippen molar-refractivity contribution in [2.24, 2.45) is 0 Å². The standard InChI is InChI=1S/C19H18F2N2O6/c1-28-17-7-6-11(9-16(17)23(26)27)8-15(19(25)29-2)22-18(24)10-12-13(20)4-3-5-14(12)21/h3-7,9,15H,8,10H2,1-2H3,(H,22,24)/t15-/m0/s1. The van der Waals surface area contributed by atoms with Crippen LogP contribution in [0, 0.1) is 21.7 Å². The number of amides is 1. The zero-order valence-electron chi connectivity index (χ0n) is 15.6. The summed E-state index contributed by atoms with van der Waals surface area (Å²) in [6.07, 6.45) is -0.766. The van der Waals surface area contributed by atoms with Gasteiger partial charge in [-0.25, -0.2) is 13.6 Å². The predicted molar refractivity (Wildman–Crippen MR) is 97.4 cm³/mol. The van der Waals surface area contributed by atoms with Crippen LogP contribution in [0.4, 0.5) is 14.5 Å². The van der Waals surface area contributed by atoms with E-state index in [-0.39, 0.29) is 17.9 Å². The third kappa shape index (κ3) is 5.47. The molecule has 10 heteroatoms. The Morgan fingerprint density at radius 1 is 1.17 bits per heavy atom. The van der Waals surface area contributed by atoms with Crippen LogP contribution in [0.1, 0.15) is 11.1 Å². The minimum atomic E-state index is -1.21. The number of hydrogen-bond donors (Lipinski definition) is 1. The zero-order chi connectivity index (χ0) is 21.6. The van der Waals surface area contributed by atoms with Gasteiger partial charge in [-0.05, 0) is 23.8 Å². The lowest BCUT2D eigenvalue weighted by Gasteiger charge is -2.17. The first-order chi connectivity index (χ1) is 13.8. The Balaban J connectivity index is 2.20. The van der Waals surface area contributed by atoms with Crippen molar-refractivity contribution in [1.29, 1.82) is 0 Å². The van der Waals surface area contributed by atoms with E-state index in [2.05, 4.69) is 10.1 Å². The maximum Gasteiger partial charge on any atom is 0.328 e. The van der Waals surface area contributed by atoms with E-state index < -0.39 is 46.5 Å². The van der Waals surface area contributed by atoms with Crippen LogP contribution in [0.15, 0.2) is 36.4 Å². The SMILES string of the molecule is COC(=O)[C@H](Cc1ccc(OC)c([N+](=O)[O-])c1)NC(=O)Cc1c(F)cccc1F. The van der Waals surface area contributed by atoms with Crippen molar-refractivity contribution >= 4 is 17.6 Å². The highest BCUT2D eigenvalue weighted by Gasteiger charge is 2.25. The summed E-state index contributed by atoms with van der Waals surface area (Å²) in [5.41, 5.74) is -0.396. The van der Waals surface area contributed by atoms with E-state index in [1.807, 2.05) is 0 Å². The van der Waals surface area contributed by atoms with Crippen molar-refractivity contribution in [1.82, 2.24) is 5.32 Å². The number of benzene rings is 2. The average Bonchev–Trinajstić information content (AvgIpc) is 2.69. The van der Waals surface area contributed by atoms with Crippen LogP contribution in [0.2, 0.25) is 0 Å². The van der Waals surface area contributed by atoms with E-state index in [1.165, 1.54) is 31.4 Å². The van der Waals surface area contributed by atoms with Gasteiger partial charge in [-0.3, -0.25) is 14.9 Å². The van der Waals surface area contributed by atoms with Gasteiger partial charge >= 0.3 is 11.7 Å². The first-order valence-electron chi connectivity index (χ1n) is 8.38. The molecule has 1 N–H and O–H groups in total. The van der Waals surface area contributed by atoms with Gasteiger partial charge in [-0.1, -0.05) is 12.1 Å². The molecule has 0 radical (unpaired) electrons. The van der Waals surface area contributed by atoms with E-state index in [0.29, 0.717) is 5.56 Å². The van der Waals surface area contributed by atoms with Crippen molar-refractivity contribution in [3.05, 3.63) is 69.3 Å². The molecule has 8 nitrogen and oxygen atoms in total. The number of nitrogens with one attached hydrogen (secondary N) is 1. The Morgan fingerprint density at radius 2 is 1.83 bits per heavy atom. The Hall–Kier alpha value is -3.56. The number of nitrogens with zero attached hydrogens (tertiary/aromatic N) is 1. The number of rotatable bonds is 8. The molecule has 2 aromatic carbocycles. The number of hydrogen-bond acceptors (Lipinski definition) is 6. The van der Waals surface area contributed by atoms with Gasteiger partial charge in [-0.15, -0.1) is 0 Å². The van der Waals surface area contributed by atoms with Gasteiger partial charge in [0.05, 0.1) is 25.6 Å². The molecule has 0 heterocycles. The number of halogens is 2. The van der Waals surface area contributed by atoms with Crippen LogP contribution in [-0.4, -0.2) is 37.1 Å². The summed E-state index contributed by atoms with van der Waals surface area (Å²) < 4.78 is 37.0. The summed E-state index contributed by atoms with van der Waals surface area (Å²) in [5, 5.41) is 13.5.